The number of hydrogen-bond acceptors (Lipinski definition) is 4. The summed E-state index contributed by atoms with van der Waals surface area (Å²) in [4.78, 5) is 14.8. The molecule has 1 aromatic carbocycles. The van der Waals surface area contributed by atoms with Gasteiger partial charge < -0.3 is 20.1 Å². The molecule has 0 aliphatic heterocycles. The first-order chi connectivity index (χ1) is 10.1. The maximum atomic E-state index is 13.0. The highest BCUT2D eigenvalue weighted by atomic mass is 16.5. The summed E-state index contributed by atoms with van der Waals surface area (Å²) < 4.78 is 10.7. The van der Waals surface area contributed by atoms with Crippen LogP contribution in [-0.4, -0.2) is 44.2 Å². The van der Waals surface area contributed by atoms with E-state index in [0.29, 0.717) is 30.2 Å². The van der Waals surface area contributed by atoms with Gasteiger partial charge in [-0.3, -0.25) is 4.79 Å². The van der Waals surface area contributed by atoms with Crippen molar-refractivity contribution in [1.82, 2.24) is 4.90 Å². The molecule has 0 aromatic heterocycles. The summed E-state index contributed by atoms with van der Waals surface area (Å²) in [5.41, 5.74) is 6.14. The number of carbonyl (C=O) groups excluding carboxylic acids is 1. The van der Waals surface area contributed by atoms with E-state index in [-0.39, 0.29) is 11.9 Å². The number of rotatable bonds is 8. The molecule has 1 amide bonds. The molecule has 0 spiro atoms. The zero-order valence-electron chi connectivity index (χ0n) is 13.4. The van der Waals surface area contributed by atoms with E-state index in [1.54, 1.807) is 32.4 Å². The topological polar surface area (TPSA) is 64.8 Å². The highest BCUT2D eigenvalue weighted by molar-refractivity contribution is 6.00. The molecular formula is C16H26N2O3. The van der Waals surface area contributed by atoms with Crippen LogP contribution in [0.4, 0.5) is 0 Å². The summed E-state index contributed by atoms with van der Waals surface area (Å²) in [5, 5.41) is 0. The van der Waals surface area contributed by atoms with Gasteiger partial charge in [-0.15, -0.1) is 0 Å². The lowest BCUT2D eigenvalue weighted by Crippen LogP contribution is -2.43. The third-order valence-corrected chi connectivity index (χ3v) is 3.66. The highest BCUT2D eigenvalue weighted by Gasteiger charge is 2.27. The van der Waals surface area contributed by atoms with Gasteiger partial charge in [-0.2, -0.15) is 0 Å². The minimum Gasteiger partial charge on any atom is -0.496 e. The van der Waals surface area contributed by atoms with Crippen LogP contribution in [0.25, 0.3) is 0 Å². The minimum absolute atomic E-state index is 0.0940. The van der Waals surface area contributed by atoms with Gasteiger partial charge in [-0.1, -0.05) is 19.9 Å². The Balaban J connectivity index is 3.25. The molecule has 0 saturated heterocycles. The van der Waals surface area contributed by atoms with E-state index in [1.165, 1.54) is 0 Å². The number of carbonyl (C=O) groups is 1. The van der Waals surface area contributed by atoms with Crippen LogP contribution in [0.5, 0.6) is 11.5 Å². The maximum Gasteiger partial charge on any atom is 0.261 e. The summed E-state index contributed by atoms with van der Waals surface area (Å²) in [6, 6.07) is 5.50. The molecule has 0 unspecified atom stereocenters. The molecule has 2 N–H and O–H groups in total. The number of methoxy groups -OCH3 is 2. The fraction of sp³-hybridized carbons (Fsp3) is 0.562. The second kappa shape index (κ2) is 8.52. The molecule has 1 rings (SSSR count). The lowest BCUT2D eigenvalue weighted by molar-refractivity contribution is 0.0667. The molecule has 0 atom stereocenters. The number of nitrogens with zero attached hydrogens (tertiary/aromatic N) is 1. The lowest BCUT2D eigenvalue weighted by Gasteiger charge is -2.31. The molecule has 0 fully saturated rings. The average Bonchev–Trinajstić information content (AvgIpc) is 2.53. The van der Waals surface area contributed by atoms with Gasteiger partial charge in [0.2, 0.25) is 0 Å². The van der Waals surface area contributed by atoms with Crippen LogP contribution in [0.15, 0.2) is 18.2 Å². The predicted molar refractivity (Wildman–Crippen MR) is 84.0 cm³/mol. The van der Waals surface area contributed by atoms with Crippen molar-refractivity contribution >= 4 is 5.91 Å². The van der Waals surface area contributed by atoms with Gasteiger partial charge in [0, 0.05) is 19.1 Å². The van der Waals surface area contributed by atoms with Crippen LogP contribution in [0.2, 0.25) is 0 Å². The molecule has 0 bridgehead atoms. The average molecular weight is 294 g/mol. The van der Waals surface area contributed by atoms with E-state index in [2.05, 4.69) is 13.8 Å². The first-order valence-electron chi connectivity index (χ1n) is 7.36. The number of amides is 1. The largest absolute Gasteiger partial charge is 0.496 e. The second-order valence-corrected chi connectivity index (χ2v) is 4.80. The predicted octanol–water partition coefficient (Wildman–Crippen LogP) is 2.29. The fourth-order valence-corrected chi connectivity index (χ4v) is 2.52. The second-order valence-electron chi connectivity index (χ2n) is 4.80. The van der Waals surface area contributed by atoms with E-state index in [4.69, 9.17) is 15.2 Å². The van der Waals surface area contributed by atoms with Gasteiger partial charge in [0.15, 0.2) is 0 Å². The summed E-state index contributed by atoms with van der Waals surface area (Å²) in [6.45, 7) is 5.10. The molecule has 21 heavy (non-hydrogen) atoms. The van der Waals surface area contributed by atoms with Crippen LogP contribution in [-0.2, 0) is 0 Å². The van der Waals surface area contributed by atoms with Crippen molar-refractivity contribution in [3.05, 3.63) is 23.8 Å². The Morgan fingerprint density at radius 3 is 2.10 bits per heavy atom. The summed E-state index contributed by atoms with van der Waals surface area (Å²) in [7, 11) is 3.10. The van der Waals surface area contributed by atoms with Crippen molar-refractivity contribution in [3.63, 3.8) is 0 Å². The Morgan fingerprint density at radius 1 is 1.19 bits per heavy atom. The molecule has 5 heteroatoms. The van der Waals surface area contributed by atoms with Crippen molar-refractivity contribution in [2.45, 2.75) is 32.7 Å². The quantitative estimate of drug-likeness (QED) is 0.799. The maximum absolute atomic E-state index is 13.0. The molecule has 0 aliphatic carbocycles. The Morgan fingerprint density at radius 2 is 1.71 bits per heavy atom. The molecular weight excluding hydrogens is 268 g/mol. The van der Waals surface area contributed by atoms with Gasteiger partial charge in [-0.25, -0.2) is 0 Å². The number of ether oxygens (including phenoxy) is 2. The fourth-order valence-electron chi connectivity index (χ4n) is 2.52. The molecule has 1 aromatic rings. The highest BCUT2D eigenvalue weighted by Crippen LogP contribution is 2.30. The van der Waals surface area contributed by atoms with Crippen LogP contribution in [0.3, 0.4) is 0 Å². The van der Waals surface area contributed by atoms with Gasteiger partial charge >= 0.3 is 0 Å². The minimum atomic E-state index is -0.0940. The van der Waals surface area contributed by atoms with Crippen LogP contribution in [0.1, 0.15) is 37.0 Å². The number of nitrogens with two attached hydrogens (primary N) is 1. The first kappa shape index (κ1) is 17.3. The monoisotopic (exact) mass is 294 g/mol. The van der Waals surface area contributed by atoms with Crippen molar-refractivity contribution < 1.29 is 14.3 Å². The van der Waals surface area contributed by atoms with Gasteiger partial charge in [0.25, 0.3) is 5.91 Å². The Labute approximate surface area is 127 Å². The lowest BCUT2D eigenvalue weighted by atomic mass is 10.1. The zero-order valence-corrected chi connectivity index (χ0v) is 13.4. The third-order valence-electron chi connectivity index (χ3n) is 3.66. The van der Waals surface area contributed by atoms with Gasteiger partial charge in [-0.05, 0) is 25.0 Å². The van der Waals surface area contributed by atoms with Crippen molar-refractivity contribution in [3.8, 4) is 11.5 Å². The van der Waals surface area contributed by atoms with E-state index >= 15 is 0 Å². The van der Waals surface area contributed by atoms with Crippen LogP contribution >= 0.6 is 0 Å². The standard InChI is InChI=1S/C16H26N2O3/c1-5-12(6-2)18(11-10-17)16(19)15-13(20-3)8-7-9-14(15)21-4/h7-9,12H,5-6,10-11,17H2,1-4H3. The Bertz CT molecular complexity index is 437. The van der Waals surface area contributed by atoms with Crippen molar-refractivity contribution in [2.75, 3.05) is 27.3 Å². The summed E-state index contributed by atoms with van der Waals surface area (Å²) >= 11 is 0. The Hall–Kier alpha value is -1.75. The molecule has 0 saturated carbocycles. The molecule has 118 valence electrons. The van der Waals surface area contributed by atoms with Crippen LogP contribution < -0.4 is 15.2 Å². The normalized spacial score (nSPS) is 10.6. The molecule has 0 radical (unpaired) electrons. The first-order valence-corrected chi connectivity index (χ1v) is 7.36. The zero-order chi connectivity index (χ0) is 15.8. The SMILES string of the molecule is CCC(CC)N(CCN)C(=O)c1c(OC)cccc1OC. The van der Waals surface area contributed by atoms with Crippen molar-refractivity contribution in [1.29, 1.82) is 0 Å². The third kappa shape index (κ3) is 3.88. The van der Waals surface area contributed by atoms with E-state index in [0.717, 1.165) is 12.8 Å². The summed E-state index contributed by atoms with van der Waals surface area (Å²) in [5.74, 6) is 0.947. The number of hydrogen-bond donors (Lipinski definition) is 1. The molecule has 0 aliphatic rings. The van der Waals surface area contributed by atoms with E-state index < -0.39 is 0 Å². The number of benzene rings is 1. The Kier molecular flexibility index (Phi) is 7.02. The van der Waals surface area contributed by atoms with Gasteiger partial charge in [0.05, 0.1) is 14.2 Å². The van der Waals surface area contributed by atoms with E-state index in [9.17, 15) is 4.79 Å². The van der Waals surface area contributed by atoms with E-state index in [1.807, 2.05) is 4.90 Å². The summed E-state index contributed by atoms with van der Waals surface area (Å²) in [6.07, 6.45) is 1.78. The smallest absolute Gasteiger partial charge is 0.261 e. The van der Waals surface area contributed by atoms with Crippen LogP contribution in [0, 0.1) is 0 Å². The molecule has 5 nitrogen and oxygen atoms in total. The van der Waals surface area contributed by atoms with Crippen molar-refractivity contribution in [2.24, 2.45) is 5.73 Å². The van der Waals surface area contributed by atoms with Gasteiger partial charge in [0.1, 0.15) is 17.1 Å². The molecule has 0 heterocycles.